The quantitative estimate of drug-likeness (QED) is 0.593. The lowest BCUT2D eigenvalue weighted by Gasteiger charge is -2.25. The van der Waals surface area contributed by atoms with Gasteiger partial charge < -0.3 is 5.32 Å². The van der Waals surface area contributed by atoms with Crippen molar-refractivity contribution in [2.45, 2.75) is 26.2 Å². The Bertz CT molecular complexity index is 1190. The molecular formula is C19H17N7O. The van der Waals surface area contributed by atoms with Gasteiger partial charge in [-0.2, -0.15) is 14.3 Å². The number of anilines is 1. The van der Waals surface area contributed by atoms with Crippen LogP contribution in [0.15, 0.2) is 42.7 Å². The molecule has 0 fully saturated rings. The van der Waals surface area contributed by atoms with Gasteiger partial charge in [0.1, 0.15) is 12.1 Å². The summed E-state index contributed by atoms with van der Waals surface area (Å²) in [5.41, 5.74) is 4.88. The maximum absolute atomic E-state index is 12.5. The van der Waals surface area contributed by atoms with Crippen LogP contribution in [0.4, 0.5) is 5.82 Å². The number of amides is 1. The highest BCUT2D eigenvalue weighted by molar-refractivity contribution is 5.95. The number of benzene rings is 1. The van der Waals surface area contributed by atoms with Crippen molar-refractivity contribution in [3.05, 3.63) is 65.1 Å². The summed E-state index contributed by atoms with van der Waals surface area (Å²) in [6.07, 6.45) is 1.94. The number of aromatic nitrogens is 6. The van der Waals surface area contributed by atoms with Crippen molar-refractivity contribution in [1.29, 1.82) is 0 Å². The van der Waals surface area contributed by atoms with Gasteiger partial charge in [-0.1, -0.05) is 24.3 Å². The van der Waals surface area contributed by atoms with Crippen LogP contribution in [0.25, 0.3) is 11.5 Å². The molecule has 0 radical (unpaired) electrons. The first-order valence-electron chi connectivity index (χ1n) is 8.74. The Morgan fingerprint density at radius 3 is 2.81 bits per heavy atom. The summed E-state index contributed by atoms with van der Waals surface area (Å²) in [5.74, 6) is 1.22. The normalized spacial score (nSPS) is 16.4. The second-order valence-electron chi connectivity index (χ2n) is 6.75. The fraction of sp³-hybridized carbons (Fsp3) is 0.211. The van der Waals surface area contributed by atoms with Crippen LogP contribution in [0.1, 0.15) is 34.7 Å². The maximum atomic E-state index is 12.5. The molecule has 1 N–H and O–H groups in total. The molecule has 5 rings (SSSR count). The maximum Gasteiger partial charge on any atom is 0.226 e. The lowest BCUT2D eigenvalue weighted by atomic mass is 9.84. The van der Waals surface area contributed by atoms with Crippen LogP contribution in [0, 0.1) is 13.8 Å². The van der Waals surface area contributed by atoms with Gasteiger partial charge in [-0.25, -0.2) is 0 Å². The molecule has 0 unspecified atom stereocenters. The minimum Gasteiger partial charge on any atom is -0.310 e. The molecule has 1 aliphatic heterocycles. The van der Waals surface area contributed by atoms with Crippen molar-refractivity contribution >= 4 is 17.4 Å². The predicted molar refractivity (Wildman–Crippen MR) is 98.9 cm³/mol. The zero-order valence-electron chi connectivity index (χ0n) is 14.9. The van der Waals surface area contributed by atoms with E-state index in [2.05, 4.69) is 44.8 Å². The molecule has 4 aromatic rings. The first-order chi connectivity index (χ1) is 13.1. The van der Waals surface area contributed by atoms with Gasteiger partial charge in [-0.15, -0.1) is 15.3 Å². The van der Waals surface area contributed by atoms with E-state index in [9.17, 15) is 4.79 Å². The highest BCUT2D eigenvalue weighted by Crippen LogP contribution is 2.40. The summed E-state index contributed by atoms with van der Waals surface area (Å²) in [6.45, 7) is 4.04. The van der Waals surface area contributed by atoms with Crippen LogP contribution in [0.5, 0.6) is 0 Å². The zero-order valence-corrected chi connectivity index (χ0v) is 14.9. The molecule has 8 nitrogen and oxygen atoms in total. The number of nitrogens with one attached hydrogen (secondary N) is 1. The number of rotatable bonds is 2. The molecule has 3 aromatic heterocycles. The molecule has 0 aliphatic carbocycles. The topological polar surface area (TPSA) is 90.0 Å². The van der Waals surface area contributed by atoms with Gasteiger partial charge in [0, 0.05) is 17.9 Å². The Morgan fingerprint density at radius 2 is 1.96 bits per heavy atom. The van der Waals surface area contributed by atoms with Crippen molar-refractivity contribution in [3.63, 3.8) is 0 Å². The third-order valence-corrected chi connectivity index (χ3v) is 5.03. The summed E-state index contributed by atoms with van der Waals surface area (Å²) >= 11 is 0. The largest absolute Gasteiger partial charge is 0.310 e. The van der Waals surface area contributed by atoms with Gasteiger partial charge in [0.2, 0.25) is 5.91 Å². The van der Waals surface area contributed by atoms with Crippen LogP contribution in [-0.4, -0.2) is 35.5 Å². The van der Waals surface area contributed by atoms with E-state index < -0.39 is 0 Å². The Kier molecular flexibility index (Phi) is 3.33. The summed E-state index contributed by atoms with van der Waals surface area (Å²) in [7, 11) is 0. The van der Waals surface area contributed by atoms with E-state index >= 15 is 0 Å². The minimum absolute atomic E-state index is 0.0256. The first kappa shape index (κ1) is 15.7. The average Bonchev–Trinajstić information content (AvgIpc) is 3.25. The predicted octanol–water partition coefficient (Wildman–Crippen LogP) is 2.40. The van der Waals surface area contributed by atoms with E-state index in [0.717, 1.165) is 16.8 Å². The number of carbonyl (C=O) groups excluding carboxylic acids is 1. The number of nitrogens with zero attached hydrogens (tertiary/aromatic N) is 6. The molecule has 134 valence electrons. The van der Waals surface area contributed by atoms with Gasteiger partial charge in [0.25, 0.3) is 0 Å². The fourth-order valence-corrected chi connectivity index (χ4v) is 3.79. The molecule has 1 amide bonds. The third kappa shape index (κ3) is 2.41. The van der Waals surface area contributed by atoms with E-state index in [-0.39, 0.29) is 11.8 Å². The molecular weight excluding hydrogens is 342 g/mol. The lowest BCUT2D eigenvalue weighted by molar-refractivity contribution is -0.116. The summed E-state index contributed by atoms with van der Waals surface area (Å²) in [4.78, 5) is 12.5. The highest BCUT2D eigenvalue weighted by atomic mass is 16.1. The first-order valence-corrected chi connectivity index (χ1v) is 8.74. The lowest BCUT2D eigenvalue weighted by Crippen LogP contribution is -2.25. The number of aryl methyl sites for hydroxylation is 2. The Balaban J connectivity index is 1.70. The Morgan fingerprint density at radius 1 is 1.11 bits per heavy atom. The van der Waals surface area contributed by atoms with E-state index in [4.69, 9.17) is 0 Å². The molecule has 8 heteroatoms. The smallest absolute Gasteiger partial charge is 0.226 e. The molecule has 4 heterocycles. The molecule has 0 bridgehead atoms. The Labute approximate surface area is 154 Å². The standard InChI is InChI=1S/C19H17N7O/c1-11-5-3-4-6-13(11)14-9-17(27)21-19-18(14)12(2)23-26(19)16-8-7-15-22-20-10-25(15)24-16/h3-8,10,14H,9H2,1-2H3,(H,21,27)/t14-/m1/s1. The van der Waals surface area contributed by atoms with E-state index in [1.54, 1.807) is 9.20 Å². The fourth-order valence-electron chi connectivity index (χ4n) is 3.79. The van der Waals surface area contributed by atoms with E-state index in [0.29, 0.717) is 23.7 Å². The van der Waals surface area contributed by atoms with Gasteiger partial charge in [0.05, 0.1) is 5.69 Å². The van der Waals surface area contributed by atoms with Crippen molar-refractivity contribution in [3.8, 4) is 5.82 Å². The second-order valence-corrected chi connectivity index (χ2v) is 6.75. The number of fused-ring (bicyclic) bond motifs is 2. The average molecular weight is 359 g/mol. The Hall–Kier alpha value is -3.55. The van der Waals surface area contributed by atoms with Crippen molar-refractivity contribution < 1.29 is 4.79 Å². The molecule has 1 atom stereocenters. The van der Waals surface area contributed by atoms with Crippen LogP contribution < -0.4 is 5.32 Å². The van der Waals surface area contributed by atoms with Crippen molar-refractivity contribution in [1.82, 2.24) is 29.6 Å². The van der Waals surface area contributed by atoms with Crippen LogP contribution >= 0.6 is 0 Å². The van der Waals surface area contributed by atoms with E-state index in [1.807, 2.05) is 31.2 Å². The van der Waals surface area contributed by atoms with Crippen LogP contribution in [0.2, 0.25) is 0 Å². The molecule has 0 spiro atoms. The summed E-state index contributed by atoms with van der Waals surface area (Å²) in [5, 5.41) is 20.0. The molecule has 0 saturated carbocycles. The van der Waals surface area contributed by atoms with Crippen LogP contribution in [-0.2, 0) is 4.79 Å². The summed E-state index contributed by atoms with van der Waals surface area (Å²) in [6, 6.07) is 11.8. The number of carbonyl (C=O) groups is 1. The van der Waals surface area contributed by atoms with Gasteiger partial charge in [-0.05, 0) is 37.1 Å². The molecule has 27 heavy (non-hydrogen) atoms. The minimum atomic E-state index is -0.0257. The van der Waals surface area contributed by atoms with Crippen molar-refractivity contribution in [2.24, 2.45) is 0 Å². The number of hydrogen-bond acceptors (Lipinski definition) is 5. The second kappa shape index (κ2) is 5.73. The van der Waals surface area contributed by atoms with Crippen molar-refractivity contribution in [2.75, 3.05) is 5.32 Å². The SMILES string of the molecule is Cc1ccccc1[C@H]1CC(=O)Nc2c1c(C)nn2-c1ccc2nncn2n1. The summed E-state index contributed by atoms with van der Waals surface area (Å²) < 4.78 is 3.27. The molecule has 1 aromatic carbocycles. The highest BCUT2D eigenvalue weighted by Gasteiger charge is 2.33. The zero-order chi connectivity index (χ0) is 18.5. The van der Waals surface area contributed by atoms with E-state index in [1.165, 1.54) is 11.9 Å². The molecule has 0 saturated heterocycles. The van der Waals surface area contributed by atoms with Gasteiger partial charge in [-0.3, -0.25) is 4.79 Å². The number of hydrogen-bond donors (Lipinski definition) is 1. The van der Waals surface area contributed by atoms with Gasteiger partial charge in [0.15, 0.2) is 11.5 Å². The monoisotopic (exact) mass is 359 g/mol. The molecule has 1 aliphatic rings. The van der Waals surface area contributed by atoms with Gasteiger partial charge >= 0.3 is 0 Å². The third-order valence-electron chi connectivity index (χ3n) is 5.03. The van der Waals surface area contributed by atoms with Crippen LogP contribution in [0.3, 0.4) is 0 Å².